The summed E-state index contributed by atoms with van der Waals surface area (Å²) >= 11 is 1.38. The van der Waals surface area contributed by atoms with Gasteiger partial charge in [0.15, 0.2) is 0 Å². The number of aromatic nitrogens is 3. The number of hydrogen-bond donors (Lipinski definition) is 1. The summed E-state index contributed by atoms with van der Waals surface area (Å²) in [6.07, 6.45) is 6.76. The van der Waals surface area contributed by atoms with Gasteiger partial charge in [-0.25, -0.2) is 4.98 Å². The smallest absolute Gasteiger partial charge is 0.275 e. The van der Waals surface area contributed by atoms with E-state index in [4.69, 9.17) is 4.74 Å². The van der Waals surface area contributed by atoms with Crippen molar-refractivity contribution in [2.45, 2.75) is 26.2 Å². The van der Waals surface area contributed by atoms with Crippen LogP contribution in [0, 0.1) is 0 Å². The van der Waals surface area contributed by atoms with E-state index in [2.05, 4.69) is 15.4 Å². The van der Waals surface area contributed by atoms with Crippen LogP contribution in [0.25, 0.3) is 10.6 Å². The summed E-state index contributed by atoms with van der Waals surface area (Å²) in [7, 11) is 1.83. The zero-order valence-corrected chi connectivity index (χ0v) is 18.4. The van der Waals surface area contributed by atoms with E-state index in [0.29, 0.717) is 29.3 Å². The molecule has 9 heteroatoms. The second-order valence-corrected chi connectivity index (χ2v) is 8.25. The number of hydrogen-bond acceptors (Lipinski definition) is 6. The van der Waals surface area contributed by atoms with Crippen LogP contribution in [0.15, 0.2) is 36.0 Å². The van der Waals surface area contributed by atoms with Crippen molar-refractivity contribution in [2.75, 3.05) is 25.0 Å². The molecule has 0 saturated carbocycles. The first-order chi connectivity index (χ1) is 15.0. The number of amides is 2. The Bertz CT molecular complexity index is 1080. The minimum Gasteiger partial charge on any atom is -0.492 e. The molecule has 3 heterocycles. The van der Waals surface area contributed by atoms with Crippen LogP contribution in [0.2, 0.25) is 0 Å². The molecule has 162 valence electrons. The van der Waals surface area contributed by atoms with Gasteiger partial charge in [0.1, 0.15) is 16.5 Å². The number of likely N-dealkylation sites (tertiary alicyclic amines) is 1. The highest BCUT2D eigenvalue weighted by Crippen LogP contribution is 2.29. The molecule has 1 aromatic carbocycles. The number of thiazole rings is 1. The zero-order chi connectivity index (χ0) is 21.8. The second kappa shape index (κ2) is 9.30. The number of carbonyl (C=O) groups excluding carboxylic acids is 2. The molecule has 1 aliphatic heterocycles. The van der Waals surface area contributed by atoms with Gasteiger partial charge in [-0.2, -0.15) is 5.10 Å². The second-order valence-electron chi connectivity index (χ2n) is 7.39. The summed E-state index contributed by atoms with van der Waals surface area (Å²) < 4.78 is 7.35. The Morgan fingerprint density at radius 2 is 2.03 bits per heavy atom. The van der Waals surface area contributed by atoms with Gasteiger partial charge in [0.25, 0.3) is 11.8 Å². The molecule has 0 aliphatic carbocycles. The molecule has 0 bridgehead atoms. The number of ether oxygens (including phenoxy) is 1. The molecule has 1 saturated heterocycles. The molecule has 8 nitrogen and oxygen atoms in total. The van der Waals surface area contributed by atoms with E-state index < -0.39 is 0 Å². The molecule has 3 aromatic rings. The molecule has 0 radical (unpaired) electrons. The summed E-state index contributed by atoms with van der Waals surface area (Å²) in [6, 6.07) is 5.17. The lowest BCUT2D eigenvalue weighted by Crippen LogP contribution is -2.35. The van der Waals surface area contributed by atoms with E-state index >= 15 is 0 Å². The lowest BCUT2D eigenvalue weighted by molar-refractivity contribution is 0.0724. The van der Waals surface area contributed by atoms with E-state index in [0.717, 1.165) is 42.9 Å². The molecule has 1 fully saturated rings. The first kappa shape index (κ1) is 21.0. The van der Waals surface area contributed by atoms with Crippen molar-refractivity contribution < 1.29 is 14.3 Å². The predicted molar refractivity (Wildman–Crippen MR) is 120 cm³/mol. The van der Waals surface area contributed by atoms with Crippen LogP contribution in [-0.2, 0) is 7.05 Å². The summed E-state index contributed by atoms with van der Waals surface area (Å²) in [5.41, 5.74) is 2.16. The monoisotopic (exact) mass is 439 g/mol. The first-order valence-electron chi connectivity index (χ1n) is 10.4. The lowest BCUT2D eigenvalue weighted by Gasteiger charge is -2.27. The topological polar surface area (TPSA) is 89.4 Å². The molecule has 31 heavy (non-hydrogen) atoms. The maximum atomic E-state index is 12.9. The number of carbonyl (C=O) groups is 2. The molecule has 1 aliphatic rings. The predicted octanol–water partition coefficient (Wildman–Crippen LogP) is 3.82. The standard InChI is InChI=1S/C22H25N5O3S/c1-3-30-19-8-7-15(22(29)27-9-5-4-6-10-27)11-17(19)24-20(28)18-14-31-21(25-18)16-12-23-26(2)13-16/h7-8,11-14H,3-6,9-10H2,1-2H3,(H,24,28). The van der Waals surface area contributed by atoms with Crippen molar-refractivity contribution in [3.05, 3.63) is 47.2 Å². The fraction of sp³-hybridized carbons (Fsp3) is 0.364. The normalized spacial score (nSPS) is 13.8. The minimum absolute atomic E-state index is 0.0224. The molecule has 4 rings (SSSR count). The number of nitrogens with zero attached hydrogens (tertiary/aromatic N) is 4. The molecule has 0 spiro atoms. The highest BCUT2D eigenvalue weighted by atomic mass is 32.1. The quantitative estimate of drug-likeness (QED) is 0.631. The fourth-order valence-corrected chi connectivity index (χ4v) is 4.33. The van der Waals surface area contributed by atoms with Gasteiger partial charge in [-0.1, -0.05) is 0 Å². The third-order valence-corrected chi connectivity index (χ3v) is 6.00. The van der Waals surface area contributed by atoms with E-state index in [1.165, 1.54) is 11.3 Å². The number of nitrogens with one attached hydrogen (secondary N) is 1. The lowest BCUT2D eigenvalue weighted by atomic mass is 10.1. The highest BCUT2D eigenvalue weighted by molar-refractivity contribution is 7.13. The maximum absolute atomic E-state index is 12.9. The fourth-order valence-electron chi connectivity index (χ4n) is 3.55. The molecule has 0 atom stereocenters. The number of benzene rings is 1. The van der Waals surface area contributed by atoms with E-state index in [1.807, 2.05) is 25.1 Å². The van der Waals surface area contributed by atoms with Crippen LogP contribution in [0.3, 0.4) is 0 Å². The van der Waals surface area contributed by atoms with Crippen molar-refractivity contribution in [2.24, 2.45) is 7.05 Å². The van der Waals surface area contributed by atoms with Crippen LogP contribution in [0.4, 0.5) is 5.69 Å². The van der Waals surface area contributed by atoms with Crippen LogP contribution in [0.5, 0.6) is 5.75 Å². The van der Waals surface area contributed by atoms with Crippen molar-refractivity contribution >= 4 is 28.8 Å². The van der Waals surface area contributed by atoms with Gasteiger partial charge in [0, 0.05) is 42.8 Å². The minimum atomic E-state index is -0.352. The average molecular weight is 440 g/mol. The van der Waals surface area contributed by atoms with Crippen LogP contribution in [0.1, 0.15) is 47.0 Å². The number of aryl methyl sites for hydroxylation is 1. The van der Waals surface area contributed by atoms with Gasteiger partial charge in [0.05, 0.1) is 18.5 Å². The summed E-state index contributed by atoms with van der Waals surface area (Å²) in [6.45, 7) is 3.86. The van der Waals surface area contributed by atoms with Crippen LogP contribution >= 0.6 is 11.3 Å². The van der Waals surface area contributed by atoms with Gasteiger partial charge in [-0.05, 0) is 44.4 Å². The van der Waals surface area contributed by atoms with E-state index in [1.54, 1.807) is 34.5 Å². The van der Waals surface area contributed by atoms with Gasteiger partial charge in [-0.3, -0.25) is 14.3 Å². The van der Waals surface area contributed by atoms with Crippen molar-refractivity contribution in [1.29, 1.82) is 0 Å². The van der Waals surface area contributed by atoms with Gasteiger partial charge >= 0.3 is 0 Å². The van der Waals surface area contributed by atoms with Crippen molar-refractivity contribution in [3.63, 3.8) is 0 Å². The Balaban J connectivity index is 1.55. The third kappa shape index (κ3) is 4.77. The van der Waals surface area contributed by atoms with Gasteiger partial charge in [0.2, 0.25) is 0 Å². The number of anilines is 1. The van der Waals surface area contributed by atoms with Gasteiger partial charge in [-0.15, -0.1) is 11.3 Å². The molecule has 0 unspecified atom stereocenters. The average Bonchev–Trinajstić information content (AvgIpc) is 3.44. The Kier molecular flexibility index (Phi) is 6.31. The van der Waals surface area contributed by atoms with E-state index in [-0.39, 0.29) is 11.8 Å². The Labute approximate surface area is 184 Å². The molecule has 2 aromatic heterocycles. The molecule has 2 amide bonds. The zero-order valence-electron chi connectivity index (χ0n) is 17.6. The van der Waals surface area contributed by atoms with Crippen LogP contribution in [-0.4, -0.2) is 51.2 Å². The SMILES string of the molecule is CCOc1ccc(C(=O)N2CCCCC2)cc1NC(=O)c1csc(-c2cnn(C)c2)n1. The number of piperidine rings is 1. The first-order valence-corrected chi connectivity index (χ1v) is 11.2. The summed E-state index contributed by atoms with van der Waals surface area (Å²) in [5, 5.41) is 9.44. The molecular formula is C22H25N5O3S. The van der Waals surface area contributed by atoms with Crippen molar-refractivity contribution in [1.82, 2.24) is 19.7 Å². The summed E-state index contributed by atoms with van der Waals surface area (Å²) in [4.78, 5) is 32.1. The molecule has 1 N–H and O–H groups in total. The van der Waals surface area contributed by atoms with Crippen LogP contribution < -0.4 is 10.1 Å². The van der Waals surface area contributed by atoms with Gasteiger partial charge < -0.3 is 15.0 Å². The van der Waals surface area contributed by atoms with Crippen molar-refractivity contribution in [3.8, 4) is 16.3 Å². The van der Waals surface area contributed by atoms with E-state index in [9.17, 15) is 9.59 Å². The summed E-state index contributed by atoms with van der Waals surface area (Å²) in [5.74, 6) is 0.148. The largest absolute Gasteiger partial charge is 0.492 e. The highest BCUT2D eigenvalue weighted by Gasteiger charge is 2.21. The third-order valence-electron chi connectivity index (χ3n) is 5.11. The Morgan fingerprint density at radius 3 is 2.74 bits per heavy atom. The Morgan fingerprint density at radius 1 is 1.23 bits per heavy atom. The molecular weight excluding hydrogens is 414 g/mol. The number of rotatable bonds is 6. The Hall–Kier alpha value is -3.20. The maximum Gasteiger partial charge on any atom is 0.275 e.